The minimum Gasteiger partial charge on any atom is -0.393 e. The lowest BCUT2D eigenvalue weighted by Gasteiger charge is -2.28. The van der Waals surface area contributed by atoms with E-state index in [1.54, 1.807) is 0 Å². The van der Waals surface area contributed by atoms with E-state index in [2.05, 4.69) is 0 Å². The van der Waals surface area contributed by atoms with Gasteiger partial charge in [0, 0.05) is 0 Å². The maximum absolute atomic E-state index is 11.3. The first-order chi connectivity index (χ1) is 5.92. The van der Waals surface area contributed by atoms with Gasteiger partial charge in [-0.3, -0.25) is 0 Å². The SMILES string of the molecule is CC(C)C(O)C1CCCS(=O)(=O)C1. The molecule has 13 heavy (non-hydrogen) atoms. The summed E-state index contributed by atoms with van der Waals surface area (Å²) in [7, 11) is -2.87. The average molecular weight is 206 g/mol. The van der Waals surface area contributed by atoms with Gasteiger partial charge in [0.05, 0.1) is 17.6 Å². The molecule has 0 spiro atoms. The number of rotatable bonds is 2. The van der Waals surface area contributed by atoms with Gasteiger partial charge in [0.1, 0.15) is 0 Å². The molecule has 3 nitrogen and oxygen atoms in total. The number of aliphatic hydroxyl groups is 1. The highest BCUT2D eigenvalue weighted by atomic mass is 32.2. The lowest BCUT2D eigenvalue weighted by molar-refractivity contribution is 0.0679. The molecule has 2 unspecified atom stereocenters. The van der Waals surface area contributed by atoms with E-state index in [-0.39, 0.29) is 17.6 Å². The number of hydrogen-bond donors (Lipinski definition) is 1. The fourth-order valence-corrected chi connectivity index (χ4v) is 3.66. The van der Waals surface area contributed by atoms with Gasteiger partial charge in [-0.1, -0.05) is 13.8 Å². The predicted molar refractivity (Wildman–Crippen MR) is 52.2 cm³/mol. The molecule has 0 radical (unpaired) electrons. The van der Waals surface area contributed by atoms with Crippen LogP contribution in [0.3, 0.4) is 0 Å². The highest BCUT2D eigenvalue weighted by Gasteiger charge is 2.30. The molecule has 1 fully saturated rings. The molecule has 1 rings (SSSR count). The summed E-state index contributed by atoms with van der Waals surface area (Å²) in [5.74, 6) is 0.581. The van der Waals surface area contributed by atoms with E-state index in [4.69, 9.17) is 0 Å². The fourth-order valence-electron chi connectivity index (χ4n) is 1.87. The Labute approximate surface area is 80.1 Å². The van der Waals surface area contributed by atoms with Crippen LogP contribution in [0, 0.1) is 11.8 Å². The molecule has 0 aromatic carbocycles. The van der Waals surface area contributed by atoms with E-state index < -0.39 is 15.9 Å². The van der Waals surface area contributed by atoms with Crippen molar-refractivity contribution in [1.29, 1.82) is 0 Å². The Bertz CT molecular complexity index is 256. The molecular weight excluding hydrogens is 188 g/mol. The average Bonchev–Trinajstić information content (AvgIpc) is 2.01. The van der Waals surface area contributed by atoms with Crippen LogP contribution < -0.4 is 0 Å². The van der Waals surface area contributed by atoms with Crippen LogP contribution in [0.1, 0.15) is 26.7 Å². The van der Waals surface area contributed by atoms with Crippen LogP contribution in [0.2, 0.25) is 0 Å². The van der Waals surface area contributed by atoms with Crippen molar-refractivity contribution in [1.82, 2.24) is 0 Å². The molecule has 1 N–H and O–H groups in total. The third-order valence-corrected chi connectivity index (χ3v) is 4.51. The van der Waals surface area contributed by atoms with Crippen LogP contribution in [0.5, 0.6) is 0 Å². The van der Waals surface area contributed by atoms with Crippen LogP contribution in [-0.4, -0.2) is 31.1 Å². The molecule has 0 aromatic heterocycles. The summed E-state index contributed by atoms with van der Waals surface area (Å²) in [5, 5.41) is 9.72. The molecule has 2 atom stereocenters. The molecule has 0 saturated carbocycles. The molecule has 1 saturated heterocycles. The monoisotopic (exact) mass is 206 g/mol. The van der Waals surface area contributed by atoms with Crippen LogP contribution in [-0.2, 0) is 9.84 Å². The molecule has 0 bridgehead atoms. The van der Waals surface area contributed by atoms with Crippen LogP contribution in [0.4, 0.5) is 0 Å². The molecular formula is C9H18O3S. The second-order valence-electron chi connectivity index (χ2n) is 4.25. The van der Waals surface area contributed by atoms with Crippen molar-refractivity contribution in [2.75, 3.05) is 11.5 Å². The normalized spacial score (nSPS) is 30.3. The fraction of sp³-hybridized carbons (Fsp3) is 1.00. The van der Waals surface area contributed by atoms with Gasteiger partial charge in [-0.25, -0.2) is 8.42 Å². The van der Waals surface area contributed by atoms with Crippen molar-refractivity contribution >= 4 is 9.84 Å². The summed E-state index contributed by atoms with van der Waals surface area (Å²) in [6.45, 7) is 3.85. The van der Waals surface area contributed by atoms with Gasteiger partial charge in [-0.2, -0.15) is 0 Å². The lowest BCUT2D eigenvalue weighted by Crippen LogP contribution is -2.35. The van der Waals surface area contributed by atoms with Crippen molar-refractivity contribution in [2.24, 2.45) is 11.8 Å². The van der Waals surface area contributed by atoms with Gasteiger partial charge in [0.25, 0.3) is 0 Å². The summed E-state index contributed by atoms with van der Waals surface area (Å²) in [6, 6.07) is 0. The van der Waals surface area contributed by atoms with Gasteiger partial charge in [-0.15, -0.1) is 0 Å². The Hall–Kier alpha value is -0.0900. The predicted octanol–water partition coefficient (Wildman–Crippen LogP) is 0.828. The highest BCUT2D eigenvalue weighted by molar-refractivity contribution is 7.91. The highest BCUT2D eigenvalue weighted by Crippen LogP contribution is 2.24. The molecule has 4 heteroatoms. The zero-order valence-electron chi connectivity index (χ0n) is 8.23. The Balaban J connectivity index is 2.62. The van der Waals surface area contributed by atoms with E-state index in [9.17, 15) is 13.5 Å². The van der Waals surface area contributed by atoms with E-state index >= 15 is 0 Å². The molecule has 0 aliphatic carbocycles. The van der Waals surface area contributed by atoms with E-state index in [0.717, 1.165) is 6.42 Å². The molecule has 0 amide bonds. The van der Waals surface area contributed by atoms with Crippen molar-refractivity contribution in [2.45, 2.75) is 32.8 Å². The van der Waals surface area contributed by atoms with Crippen molar-refractivity contribution in [3.8, 4) is 0 Å². The molecule has 1 aliphatic rings. The molecule has 1 aliphatic heterocycles. The first-order valence-electron chi connectivity index (χ1n) is 4.81. The third kappa shape index (κ3) is 2.95. The lowest BCUT2D eigenvalue weighted by atomic mass is 9.91. The van der Waals surface area contributed by atoms with Gasteiger partial charge in [0.15, 0.2) is 9.84 Å². The van der Waals surface area contributed by atoms with Gasteiger partial charge in [0.2, 0.25) is 0 Å². The maximum Gasteiger partial charge on any atom is 0.150 e. The maximum atomic E-state index is 11.3. The minimum absolute atomic E-state index is 0.0428. The smallest absolute Gasteiger partial charge is 0.150 e. The van der Waals surface area contributed by atoms with Gasteiger partial charge < -0.3 is 5.11 Å². The topological polar surface area (TPSA) is 54.4 Å². The molecule has 1 heterocycles. The van der Waals surface area contributed by atoms with Crippen LogP contribution in [0.25, 0.3) is 0 Å². The van der Waals surface area contributed by atoms with E-state index in [1.807, 2.05) is 13.8 Å². The summed E-state index contributed by atoms with van der Waals surface area (Å²) in [6.07, 6.45) is 1.09. The van der Waals surface area contributed by atoms with Crippen molar-refractivity contribution in [3.63, 3.8) is 0 Å². The molecule has 0 aromatic rings. The molecule has 78 valence electrons. The number of aliphatic hydroxyl groups excluding tert-OH is 1. The second-order valence-corrected chi connectivity index (χ2v) is 6.48. The Morgan fingerprint density at radius 1 is 1.38 bits per heavy atom. The van der Waals surface area contributed by atoms with Gasteiger partial charge >= 0.3 is 0 Å². The third-order valence-electron chi connectivity index (χ3n) is 2.66. The van der Waals surface area contributed by atoms with Crippen molar-refractivity contribution in [3.05, 3.63) is 0 Å². The number of hydrogen-bond acceptors (Lipinski definition) is 3. The zero-order chi connectivity index (χ0) is 10.1. The van der Waals surface area contributed by atoms with Gasteiger partial charge in [-0.05, 0) is 24.7 Å². The summed E-state index contributed by atoms with van der Waals surface area (Å²) in [4.78, 5) is 0. The standard InChI is InChI=1S/C9H18O3S/c1-7(2)9(10)8-4-3-5-13(11,12)6-8/h7-10H,3-6H2,1-2H3. The number of sulfone groups is 1. The summed E-state index contributed by atoms with van der Waals surface area (Å²) < 4.78 is 22.6. The van der Waals surface area contributed by atoms with Crippen LogP contribution in [0.15, 0.2) is 0 Å². The Morgan fingerprint density at radius 3 is 2.46 bits per heavy atom. The Morgan fingerprint density at radius 2 is 2.00 bits per heavy atom. The van der Waals surface area contributed by atoms with E-state index in [0.29, 0.717) is 12.2 Å². The first-order valence-corrected chi connectivity index (χ1v) is 6.63. The first kappa shape index (κ1) is 11.0. The van der Waals surface area contributed by atoms with E-state index in [1.165, 1.54) is 0 Å². The Kier molecular flexibility index (Phi) is 3.35. The minimum atomic E-state index is -2.87. The second kappa shape index (κ2) is 3.96. The van der Waals surface area contributed by atoms with Crippen LogP contribution >= 0.6 is 0 Å². The van der Waals surface area contributed by atoms with Crippen molar-refractivity contribution < 1.29 is 13.5 Å². The zero-order valence-corrected chi connectivity index (χ0v) is 9.05. The largest absolute Gasteiger partial charge is 0.393 e. The quantitative estimate of drug-likeness (QED) is 0.728. The summed E-state index contributed by atoms with van der Waals surface area (Å²) in [5.41, 5.74) is 0. The summed E-state index contributed by atoms with van der Waals surface area (Å²) >= 11 is 0.